The minimum Gasteiger partial charge on any atom is -0.492 e. The highest BCUT2D eigenvalue weighted by Crippen LogP contribution is 2.11. The van der Waals surface area contributed by atoms with Gasteiger partial charge < -0.3 is 26.1 Å². The van der Waals surface area contributed by atoms with Gasteiger partial charge in [-0.25, -0.2) is 0 Å². The Kier molecular flexibility index (Phi) is 5.59. The van der Waals surface area contributed by atoms with E-state index in [1.807, 2.05) is 13.8 Å². The number of benzene rings is 1. The van der Waals surface area contributed by atoms with Crippen molar-refractivity contribution >= 4 is 5.84 Å². The lowest BCUT2D eigenvalue weighted by molar-refractivity contribution is 0.180. The number of nitrogens with one attached hydrogen (secondary N) is 1. The van der Waals surface area contributed by atoms with Crippen LogP contribution in [0, 0.1) is 0 Å². The molecule has 0 radical (unpaired) electrons. The van der Waals surface area contributed by atoms with Crippen molar-refractivity contribution in [2.75, 3.05) is 19.8 Å². The van der Waals surface area contributed by atoms with Gasteiger partial charge in [0.1, 0.15) is 12.4 Å². The Hall–Kier alpha value is -1.79. The first-order valence-corrected chi connectivity index (χ1v) is 6.05. The molecule has 0 aliphatic carbocycles. The number of hydrogen-bond acceptors (Lipinski definition) is 5. The number of oxime groups is 1. The smallest absolute Gasteiger partial charge is 0.170 e. The highest BCUT2D eigenvalue weighted by molar-refractivity contribution is 5.97. The molecule has 6 nitrogen and oxygen atoms in total. The Morgan fingerprint density at radius 2 is 2.00 bits per heavy atom. The first kappa shape index (κ1) is 15.3. The molecule has 1 aromatic rings. The monoisotopic (exact) mass is 267 g/mol. The predicted octanol–water partition coefficient (Wildman–Crippen LogP) is 0.520. The van der Waals surface area contributed by atoms with Gasteiger partial charge in [-0.15, -0.1) is 0 Å². The topological polar surface area (TPSA) is 100 Å². The van der Waals surface area contributed by atoms with Crippen LogP contribution < -0.4 is 15.8 Å². The van der Waals surface area contributed by atoms with Crippen molar-refractivity contribution in [2.24, 2.45) is 10.9 Å². The molecular formula is C13H21N3O3. The zero-order chi connectivity index (χ0) is 14.3. The highest BCUT2D eigenvalue weighted by atomic mass is 16.5. The molecule has 106 valence electrons. The van der Waals surface area contributed by atoms with Crippen molar-refractivity contribution in [3.05, 3.63) is 29.8 Å². The summed E-state index contributed by atoms with van der Waals surface area (Å²) in [4.78, 5) is 0. The van der Waals surface area contributed by atoms with Gasteiger partial charge in [-0.2, -0.15) is 0 Å². The third-order valence-corrected chi connectivity index (χ3v) is 2.63. The zero-order valence-corrected chi connectivity index (χ0v) is 11.3. The van der Waals surface area contributed by atoms with Crippen LogP contribution in [0.4, 0.5) is 0 Å². The predicted molar refractivity (Wildman–Crippen MR) is 73.6 cm³/mol. The molecule has 0 amide bonds. The molecule has 1 rings (SSSR count). The zero-order valence-electron chi connectivity index (χ0n) is 11.3. The molecule has 1 aromatic carbocycles. The summed E-state index contributed by atoms with van der Waals surface area (Å²) in [6, 6.07) is 6.94. The molecule has 0 unspecified atom stereocenters. The van der Waals surface area contributed by atoms with Crippen LogP contribution in [0.5, 0.6) is 5.75 Å². The van der Waals surface area contributed by atoms with Crippen LogP contribution in [-0.2, 0) is 0 Å². The van der Waals surface area contributed by atoms with E-state index in [1.54, 1.807) is 24.3 Å². The summed E-state index contributed by atoms with van der Waals surface area (Å²) in [5.74, 6) is 0.774. The summed E-state index contributed by atoms with van der Waals surface area (Å²) in [6.45, 7) is 5.03. The van der Waals surface area contributed by atoms with Crippen molar-refractivity contribution in [3.63, 3.8) is 0 Å². The van der Waals surface area contributed by atoms with E-state index in [-0.39, 0.29) is 18.0 Å². The van der Waals surface area contributed by atoms with Gasteiger partial charge in [0, 0.05) is 17.6 Å². The van der Waals surface area contributed by atoms with Crippen molar-refractivity contribution < 1.29 is 15.1 Å². The van der Waals surface area contributed by atoms with E-state index < -0.39 is 0 Å². The summed E-state index contributed by atoms with van der Waals surface area (Å²) >= 11 is 0. The maximum absolute atomic E-state index is 9.07. The van der Waals surface area contributed by atoms with E-state index in [0.29, 0.717) is 24.5 Å². The maximum atomic E-state index is 9.07. The quantitative estimate of drug-likeness (QED) is 0.190. The van der Waals surface area contributed by atoms with Gasteiger partial charge in [-0.3, -0.25) is 0 Å². The fourth-order valence-corrected chi connectivity index (χ4v) is 1.39. The normalized spacial score (nSPS) is 12.5. The number of rotatable bonds is 7. The lowest BCUT2D eigenvalue weighted by atomic mass is 10.1. The number of hydrogen-bond donors (Lipinski definition) is 4. The third-order valence-electron chi connectivity index (χ3n) is 2.63. The van der Waals surface area contributed by atoms with Crippen LogP contribution in [0.15, 0.2) is 29.4 Å². The van der Waals surface area contributed by atoms with E-state index in [0.717, 1.165) is 0 Å². The standard InChI is InChI=1S/C13H21N3O3/c1-13(2,9-17)15-7-8-19-11-5-3-10(4-6-11)12(14)16-18/h3-6,15,17-18H,7-9H2,1-2H3,(H2,14,16). The van der Waals surface area contributed by atoms with Crippen LogP contribution in [-0.4, -0.2) is 41.4 Å². The summed E-state index contributed by atoms with van der Waals surface area (Å²) in [7, 11) is 0. The SMILES string of the molecule is CC(C)(CO)NCCOc1ccc(C(N)=NO)cc1. The average molecular weight is 267 g/mol. The van der Waals surface area contributed by atoms with Crippen molar-refractivity contribution in [1.29, 1.82) is 0 Å². The van der Waals surface area contributed by atoms with E-state index in [2.05, 4.69) is 10.5 Å². The molecule has 0 heterocycles. The van der Waals surface area contributed by atoms with E-state index >= 15 is 0 Å². The van der Waals surface area contributed by atoms with E-state index in [9.17, 15) is 0 Å². The average Bonchev–Trinajstić information content (AvgIpc) is 2.43. The molecule has 19 heavy (non-hydrogen) atoms. The first-order chi connectivity index (χ1) is 8.98. The van der Waals surface area contributed by atoms with Gasteiger partial charge in [0.05, 0.1) is 6.61 Å². The van der Waals surface area contributed by atoms with Gasteiger partial charge in [-0.05, 0) is 38.1 Å². The van der Waals surface area contributed by atoms with Crippen LogP contribution in [0.25, 0.3) is 0 Å². The minimum atomic E-state index is -0.306. The molecule has 0 aliphatic heterocycles. The molecule has 6 heteroatoms. The second-order valence-corrected chi connectivity index (χ2v) is 4.83. The Morgan fingerprint density at radius 3 is 2.53 bits per heavy atom. The first-order valence-electron chi connectivity index (χ1n) is 6.05. The summed E-state index contributed by atoms with van der Waals surface area (Å²) in [6.07, 6.45) is 0. The largest absolute Gasteiger partial charge is 0.492 e. The second kappa shape index (κ2) is 6.96. The Labute approximate surface area is 112 Å². The number of aliphatic hydroxyl groups excluding tert-OH is 1. The van der Waals surface area contributed by atoms with Gasteiger partial charge in [-0.1, -0.05) is 5.16 Å². The second-order valence-electron chi connectivity index (χ2n) is 4.83. The molecule has 0 saturated carbocycles. The summed E-state index contributed by atoms with van der Waals surface area (Å²) < 4.78 is 5.53. The number of amidine groups is 1. The summed E-state index contributed by atoms with van der Waals surface area (Å²) in [5.41, 5.74) is 5.78. The Bertz CT molecular complexity index is 416. The molecule has 0 aromatic heterocycles. The Balaban J connectivity index is 2.39. The van der Waals surface area contributed by atoms with Crippen molar-refractivity contribution in [3.8, 4) is 5.75 Å². The molecule has 0 bridgehead atoms. The molecular weight excluding hydrogens is 246 g/mol. The van der Waals surface area contributed by atoms with Crippen LogP contribution >= 0.6 is 0 Å². The molecule has 0 saturated heterocycles. The number of aliphatic hydroxyl groups is 1. The fourth-order valence-electron chi connectivity index (χ4n) is 1.39. The number of nitrogens with two attached hydrogens (primary N) is 1. The van der Waals surface area contributed by atoms with Gasteiger partial charge in [0.2, 0.25) is 0 Å². The highest BCUT2D eigenvalue weighted by Gasteiger charge is 2.14. The minimum absolute atomic E-state index is 0.0675. The van der Waals surface area contributed by atoms with Crippen molar-refractivity contribution in [1.82, 2.24) is 5.32 Å². The molecule has 0 aliphatic rings. The van der Waals surface area contributed by atoms with Gasteiger partial charge in [0.25, 0.3) is 0 Å². The summed E-state index contributed by atoms with van der Waals surface area (Å²) in [5, 5.41) is 23.7. The lowest BCUT2D eigenvalue weighted by Gasteiger charge is -2.23. The number of ether oxygens (including phenoxy) is 1. The van der Waals surface area contributed by atoms with E-state index in [1.165, 1.54) is 0 Å². The van der Waals surface area contributed by atoms with Crippen LogP contribution in [0.1, 0.15) is 19.4 Å². The molecule has 0 spiro atoms. The van der Waals surface area contributed by atoms with Gasteiger partial charge in [0.15, 0.2) is 5.84 Å². The fraction of sp³-hybridized carbons (Fsp3) is 0.462. The number of nitrogens with zero attached hydrogens (tertiary/aromatic N) is 1. The van der Waals surface area contributed by atoms with Gasteiger partial charge >= 0.3 is 0 Å². The third kappa shape index (κ3) is 5.15. The molecule has 5 N–H and O–H groups in total. The maximum Gasteiger partial charge on any atom is 0.170 e. The molecule has 0 atom stereocenters. The lowest BCUT2D eigenvalue weighted by Crippen LogP contribution is -2.44. The van der Waals surface area contributed by atoms with Crippen LogP contribution in [0.2, 0.25) is 0 Å². The van der Waals surface area contributed by atoms with Crippen LogP contribution in [0.3, 0.4) is 0 Å². The van der Waals surface area contributed by atoms with Crippen molar-refractivity contribution in [2.45, 2.75) is 19.4 Å². The molecule has 0 fully saturated rings. The van der Waals surface area contributed by atoms with E-state index in [4.69, 9.17) is 20.8 Å². The Morgan fingerprint density at radius 1 is 1.37 bits per heavy atom.